The van der Waals surface area contributed by atoms with Crippen molar-refractivity contribution in [3.63, 3.8) is 0 Å². The second-order valence-corrected chi connectivity index (χ2v) is 22.3. The fourth-order valence-corrected chi connectivity index (χ4v) is 10.4. The number of carbonyl (C=O) groups is 12. The second-order valence-electron chi connectivity index (χ2n) is 22.3. The molecule has 86 heavy (non-hydrogen) atoms. The van der Waals surface area contributed by atoms with Gasteiger partial charge < -0.3 is 83.8 Å². The Morgan fingerprint density at radius 2 is 1.22 bits per heavy atom. The van der Waals surface area contributed by atoms with Crippen LogP contribution in [-0.4, -0.2) is 201 Å². The third kappa shape index (κ3) is 20.6. The second kappa shape index (κ2) is 35.2. The van der Waals surface area contributed by atoms with Gasteiger partial charge in [0, 0.05) is 25.9 Å². The molecule has 28 heteroatoms. The van der Waals surface area contributed by atoms with Crippen molar-refractivity contribution >= 4 is 70.9 Å². The number of nitrogens with two attached hydrogens (primary N) is 1. The van der Waals surface area contributed by atoms with Gasteiger partial charge in [0.25, 0.3) is 11.8 Å². The average molecular weight is 1210 g/mol. The summed E-state index contributed by atoms with van der Waals surface area (Å²) in [5.74, 6) is -12.4. The fourth-order valence-electron chi connectivity index (χ4n) is 10.4. The van der Waals surface area contributed by atoms with E-state index in [0.717, 1.165) is 18.9 Å². The summed E-state index contributed by atoms with van der Waals surface area (Å²) in [5, 5.41) is 66.2. The number of rotatable bonds is 17. The number of allylic oxidation sites excluding steroid dienone is 1. The van der Waals surface area contributed by atoms with E-state index in [0.29, 0.717) is 37.7 Å². The van der Waals surface area contributed by atoms with Crippen molar-refractivity contribution < 1.29 is 78.0 Å². The number of amides is 12. The number of aliphatic hydroxyl groups is 4. The smallest absolute Gasteiger partial charge is 0.268 e. The molecule has 0 aliphatic carbocycles. The number of hydrogen-bond donors (Lipinski definition) is 14. The maximum absolute atomic E-state index is 14.6. The van der Waals surface area contributed by atoms with Gasteiger partial charge in [-0.25, -0.2) is 0 Å². The molecule has 12 amide bonds. The Balaban J connectivity index is 1.77. The molecule has 0 spiro atoms. The highest BCUT2D eigenvalue weighted by Gasteiger charge is 2.43. The van der Waals surface area contributed by atoms with E-state index in [-0.39, 0.29) is 45.2 Å². The van der Waals surface area contributed by atoms with E-state index in [1.807, 2.05) is 6.92 Å². The van der Waals surface area contributed by atoms with E-state index >= 15 is 0 Å². The quantitative estimate of drug-likeness (QED) is 0.0539. The number of hydrogen-bond acceptors (Lipinski definition) is 16. The minimum absolute atomic E-state index is 0.0137. The van der Waals surface area contributed by atoms with E-state index in [4.69, 9.17) is 5.73 Å². The molecule has 3 aliphatic rings. The van der Waals surface area contributed by atoms with Gasteiger partial charge in [-0.15, -0.1) is 0 Å². The molecule has 3 fully saturated rings. The van der Waals surface area contributed by atoms with E-state index in [2.05, 4.69) is 47.9 Å². The number of unbranched alkanes of at least 4 members (excludes halogenated alkanes) is 2. The fraction of sp³-hybridized carbons (Fsp3) is 0.655. The maximum Gasteiger partial charge on any atom is 0.268 e. The Labute approximate surface area is 501 Å². The highest BCUT2D eigenvalue weighted by Crippen LogP contribution is 2.24. The largest absolute Gasteiger partial charge is 0.394 e. The molecule has 9 unspecified atom stereocenters. The van der Waals surface area contributed by atoms with Crippen LogP contribution in [0.5, 0.6) is 0 Å². The molecule has 1 aromatic carbocycles. The molecule has 0 radical (unpaired) electrons. The standard InChI is InChI=1S/C58H90N12O16/c1-7-11-13-20-35(73)28-38-48(76)57(85)62-37(23-24-44(59)74)49(77)60-29-45(75)69-25-16-21-42(69)54(82)64-39(27-34-18-14-12-15-19-34)51(79)67-46(32(5)8-2)56(84)66-40(30-71)52(80)61-36(10-4)50(78)65-41(31-72)53(81)68-47(33(6)9-3)58(86)70-26-17-22-43(70)55(83)63-38/h10,12,14-15,18-19,32-33,35,37-43,46-48,71-73,76H,7-9,11,13,16-17,20-31H2,1-6H3,(H2,59,74)(H,60,77)(H,61,80)(H,62,85)(H,63,83)(H,64,82)(H,65,78)(H,66,84)(H,67,79)(H,68,81)/t32?,33?,35?,37?,38?,39?,40?,41?,42-,43-,46-,47-,48?/m1/s1. The first-order valence-electron chi connectivity index (χ1n) is 29.8. The third-order valence-corrected chi connectivity index (χ3v) is 16.0. The summed E-state index contributed by atoms with van der Waals surface area (Å²) in [4.78, 5) is 169. The number of fused-ring (bicyclic) bond motifs is 2. The van der Waals surface area contributed by atoms with Gasteiger partial charge in [0.15, 0.2) is 6.10 Å². The number of nitrogens with one attached hydrogen (secondary N) is 9. The summed E-state index contributed by atoms with van der Waals surface area (Å²) < 4.78 is 0. The summed E-state index contributed by atoms with van der Waals surface area (Å²) in [5.41, 5.74) is 5.54. The molecule has 1 aromatic rings. The Morgan fingerprint density at radius 1 is 0.663 bits per heavy atom. The lowest BCUT2D eigenvalue weighted by atomic mass is 9.96. The van der Waals surface area contributed by atoms with Crippen LogP contribution < -0.4 is 53.6 Å². The van der Waals surface area contributed by atoms with Crippen LogP contribution in [0, 0.1) is 11.8 Å². The first-order chi connectivity index (χ1) is 40.9. The zero-order chi connectivity index (χ0) is 63.8. The van der Waals surface area contributed by atoms with Crippen LogP contribution in [0.1, 0.15) is 131 Å². The number of benzene rings is 1. The van der Waals surface area contributed by atoms with Crippen molar-refractivity contribution in [3.05, 3.63) is 47.7 Å². The topological polar surface area (TPSA) is 427 Å². The van der Waals surface area contributed by atoms with Crippen LogP contribution in [-0.2, 0) is 64.0 Å². The summed E-state index contributed by atoms with van der Waals surface area (Å²) in [6.45, 7) is 7.36. The van der Waals surface area contributed by atoms with Crippen molar-refractivity contribution in [2.24, 2.45) is 17.6 Å². The molecule has 4 rings (SSSR count). The molecule has 0 bridgehead atoms. The third-order valence-electron chi connectivity index (χ3n) is 16.0. The molecule has 3 aliphatic heterocycles. The van der Waals surface area contributed by atoms with Crippen molar-refractivity contribution in [3.8, 4) is 0 Å². The molecule has 0 saturated carbocycles. The van der Waals surface area contributed by atoms with Gasteiger partial charge >= 0.3 is 0 Å². The first kappa shape index (κ1) is 70.9. The highest BCUT2D eigenvalue weighted by atomic mass is 16.3. The van der Waals surface area contributed by atoms with Crippen molar-refractivity contribution in [2.75, 3.05) is 32.8 Å². The Hall–Kier alpha value is -7.56. The summed E-state index contributed by atoms with van der Waals surface area (Å²) in [6, 6.07) is -4.61. The van der Waals surface area contributed by atoms with Crippen LogP contribution in [0.15, 0.2) is 42.1 Å². The van der Waals surface area contributed by atoms with Gasteiger partial charge in [-0.05, 0) is 69.3 Å². The number of aliphatic hydroxyl groups excluding tert-OH is 4. The van der Waals surface area contributed by atoms with E-state index in [1.54, 1.807) is 58.0 Å². The molecular formula is C58H90N12O16. The zero-order valence-electron chi connectivity index (χ0n) is 50.1. The van der Waals surface area contributed by atoms with Gasteiger partial charge in [-0.1, -0.05) is 103 Å². The van der Waals surface area contributed by atoms with Crippen molar-refractivity contribution in [1.82, 2.24) is 57.7 Å². The minimum Gasteiger partial charge on any atom is -0.394 e. The molecule has 478 valence electrons. The average Bonchev–Trinajstić information content (AvgIpc) is 2.99. The predicted molar refractivity (Wildman–Crippen MR) is 310 cm³/mol. The van der Waals surface area contributed by atoms with E-state index < -0.39 is 188 Å². The minimum atomic E-state index is -2.17. The van der Waals surface area contributed by atoms with Crippen molar-refractivity contribution in [1.29, 1.82) is 0 Å². The van der Waals surface area contributed by atoms with Crippen LogP contribution in [0.25, 0.3) is 0 Å². The van der Waals surface area contributed by atoms with Crippen LogP contribution in [0.3, 0.4) is 0 Å². The molecule has 0 aromatic heterocycles. The molecule has 3 saturated heterocycles. The molecular weight excluding hydrogens is 1120 g/mol. The van der Waals surface area contributed by atoms with Gasteiger partial charge in [0.05, 0.1) is 31.9 Å². The van der Waals surface area contributed by atoms with Gasteiger partial charge in [0.1, 0.15) is 54.0 Å². The predicted octanol–water partition coefficient (Wildman–Crippen LogP) is -3.21. The van der Waals surface area contributed by atoms with Gasteiger partial charge in [-0.2, -0.15) is 0 Å². The number of carbonyl (C=O) groups excluding carboxylic acids is 12. The van der Waals surface area contributed by atoms with E-state index in [1.165, 1.54) is 16.7 Å². The molecule has 15 N–H and O–H groups in total. The summed E-state index contributed by atoms with van der Waals surface area (Å²) >= 11 is 0. The molecule has 3 heterocycles. The number of primary amides is 1. The Bertz CT molecular complexity index is 2570. The monoisotopic (exact) mass is 1210 g/mol. The van der Waals surface area contributed by atoms with Crippen LogP contribution >= 0.6 is 0 Å². The molecule has 28 nitrogen and oxygen atoms in total. The highest BCUT2D eigenvalue weighted by molar-refractivity contribution is 6.03. The zero-order valence-corrected chi connectivity index (χ0v) is 50.1. The summed E-state index contributed by atoms with van der Waals surface area (Å²) in [7, 11) is 0. The van der Waals surface area contributed by atoms with Crippen LogP contribution in [0.4, 0.5) is 0 Å². The molecule has 13 atom stereocenters. The maximum atomic E-state index is 14.6. The lowest BCUT2D eigenvalue weighted by Gasteiger charge is -2.33. The lowest BCUT2D eigenvalue weighted by Crippen LogP contribution is -2.61. The van der Waals surface area contributed by atoms with Crippen molar-refractivity contribution in [2.45, 2.75) is 198 Å². The Morgan fingerprint density at radius 3 is 1.83 bits per heavy atom. The number of nitrogens with zero attached hydrogens (tertiary/aromatic N) is 2. The Kier molecular flexibility index (Phi) is 29.0. The van der Waals surface area contributed by atoms with Crippen LogP contribution in [0.2, 0.25) is 0 Å². The first-order valence-corrected chi connectivity index (χ1v) is 29.8. The normalized spacial score (nSPS) is 27.7. The van der Waals surface area contributed by atoms with E-state index in [9.17, 15) is 78.0 Å². The SMILES string of the molecule is CC=C1NC(=O)C(CO)NC(=O)[C@@H](C(C)CC)NC(=O)C(Cc2ccccc2)NC(=O)[C@H]2CCCN2C(=O)CNC(=O)C(CCC(N)=O)NC(=O)C(O)C(CC(O)CCCCC)NC(=O)[C@H]2CCCN2C(=O)[C@@H](C(C)CC)NC(=O)C(CO)NC1=O. The summed E-state index contributed by atoms with van der Waals surface area (Å²) in [6.07, 6.45) is 0.188. The lowest BCUT2D eigenvalue weighted by molar-refractivity contribution is -0.144. The van der Waals surface area contributed by atoms with Gasteiger partial charge in [0.2, 0.25) is 59.1 Å². The van der Waals surface area contributed by atoms with Gasteiger partial charge in [-0.3, -0.25) is 57.5 Å².